The molecule has 0 radical (unpaired) electrons. The number of para-hydroxylation sites is 1. The second kappa shape index (κ2) is 12.7. The van der Waals surface area contributed by atoms with Gasteiger partial charge in [0.05, 0.1) is 46.4 Å². The third kappa shape index (κ3) is 6.89. The molecule has 1 saturated heterocycles. The molecule has 2 N–H and O–H groups in total. The van der Waals surface area contributed by atoms with E-state index in [1.54, 1.807) is 29.9 Å². The molecule has 1 unspecified atom stereocenters. The van der Waals surface area contributed by atoms with Gasteiger partial charge in [-0.15, -0.1) is 0 Å². The fourth-order valence-electron chi connectivity index (χ4n) is 5.81. The average molecular weight is 655 g/mol. The first-order valence-corrected chi connectivity index (χ1v) is 16.4. The zero-order valence-corrected chi connectivity index (χ0v) is 25.9. The van der Waals surface area contributed by atoms with Crippen LogP contribution in [-0.2, 0) is 35.7 Å². The summed E-state index contributed by atoms with van der Waals surface area (Å²) < 4.78 is 67.1. The van der Waals surface area contributed by atoms with Crippen LogP contribution in [0.2, 0.25) is 5.02 Å². The molecule has 2 aliphatic heterocycles. The summed E-state index contributed by atoms with van der Waals surface area (Å²) in [5.74, 6) is -0.224. The normalized spacial score (nSPS) is 17.4. The van der Waals surface area contributed by atoms with Gasteiger partial charge in [0, 0.05) is 76.1 Å². The Morgan fingerprint density at radius 3 is 2.36 bits per heavy atom. The van der Waals surface area contributed by atoms with E-state index in [0.29, 0.717) is 72.2 Å². The molecule has 15 heteroatoms. The van der Waals surface area contributed by atoms with Gasteiger partial charge in [-0.25, -0.2) is 8.42 Å². The second-order valence-electron chi connectivity index (χ2n) is 11.0. The molecule has 0 saturated carbocycles. The number of carbonyl (C=O) groups is 1. The van der Waals surface area contributed by atoms with Crippen molar-refractivity contribution >= 4 is 33.2 Å². The molecular weight excluding hydrogens is 621 g/mol. The highest BCUT2D eigenvalue weighted by atomic mass is 35.5. The largest absolute Gasteiger partial charge is 0.416 e. The first-order valence-electron chi connectivity index (χ1n) is 14.1. The highest BCUT2D eigenvalue weighted by Gasteiger charge is 2.33. The maximum atomic E-state index is 13.2. The number of aliphatic hydroxyl groups excluding tert-OH is 1. The molecular formula is C29H34ClF3N6O4S. The van der Waals surface area contributed by atoms with Crippen molar-refractivity contribution in [3.05, 3.63) is 69.9 Å². The van der Waals surface area contributed by atoms with Crippen molar-refractivity contribution in [2.45, 2.75) is 31.8 Å². The van der Waals surface area contributed by atoms with Crippen LogP contribution < -0.4 is 10.2 Å². The summed E-state index contributed by atoms with van der Waals surface area (Å²) in [6, 6.07) is 9.84. The molecule has 44 heavy (non-hydrogen) atoms. The quantitative estimate of drug-likeness (QED) is 0.384. The van der Waals surface area contributed by atoms with E-state index in [2.05, 4.69) is 20.2 Å². The van der Waals surface area contributed by atoms with Gasteiger partial charge >= 0.3 is 6.18 Å². The van der Waals surface area contributed by atoms with Gasteiger partial charge in [-0.05, 0) is 24.3 Å². The Kier molecular flexibility index (Phi) is 9.29. The lowest BCUT2D eigenvalue weighted by Gasteiger charge is -2.38. The van der Waals surface area contributed by atoms with E-state index in [1.807, 2.05) is 0 Å². The molecule has 238 valence electrons. The van der Waals surface area contributed by atoms with Crippen LogP contribution in [0.25, 0.3) is 11.3 Å². The number of fused-ring (bicyclic) bond motifs is 1. The molecule has 10 nitrogen and oxygen atoms in total. The number of sulfonamides is 1. The van der Waals surface area contributed by atoms with Crippen molar-refractivity contribution in [3.8, 4) is 11.3 Å². The lowest BCUT2D eigenvalue weighted by molar-refractivity contribution is -0.137. The third-order valence-electron chi connectivity index (χ3n) is 8.05. The molecule has 0 aliphatic carbocycles. The Labute approximate surface area is 259 Å². The second-order valence-corrected chi connectivity index (χ2v) is 13.4. The summed E-state index contributed by atoms with van der Waals surface area (Å²) in [6.07, 6.45) is -3.83. The fourth-order valence-corrected chi connectivity index (χ4v) is 6.89. The van der Waals surface area contributed by atoms with E-state index in [9.17, 15) is 31.5 Å². The number of nitrogens with one attached hydrogen (secondary N) is 1. The summed E-state index contributed by atoms with van der Waals surface area (Å²) in [5, 5.41) is 18.9. The van der Waals surface area contributed by atoms with E-state index in [-0.39, 0.29) is 25.5 Å². The molecule has 0 bridgehead atoms. The van der Waals surface area contributed by atoms with Gasteiger partial charge in [0.2, 0.25) is 10.0 Å². The summed E-state index contributed by atoms with van der Waals surface area (Å²) in [6.45, 7) is 3.18. The smallest absolute Gasteiger partial charge is 0.390 e. The molecule has 1 amide bonds. The number of rotatable bonds is 8. The van der Waals surface area contributed by atoms with Gasteiger partial charge in [-0.2, -0.15) is 22.6 Å². The number of anilines is 1. The number of amides is 1. The van der Waals surface area contributed by atoms with Crippen molar-refractivity contribution in [1.29, 1.82) is 0 Å². The lowest BCUT2D eigenvalue weighted by Crippen LogP contribution is -2.49. The van der Waals surface area contributed by atoms with Crippen molar-refractivity contribution < 1.29 is 31.5 Å². The van der Waals surface area contributed by atoms with Crippen molar-refractivity contribution in [1.82, 2.24) is 24.3 Å². The Balaban J connectivity index is 1.31. The number of nitrogens with zero attached hydrogens (tertiary/aromatic N) is 5. The summed E-state index contributed by atoms with van der Waals surface area (Å²) in [7, 11) is -1.94. The Bertz CT molecular complexity index is 1620. The topological polar surface area (TPSA) is 111 Å². The van der Waals surface area contributed by atoms with E-state index in [0.717, 1.165) is 24.1 Å². The third-order valence-corrected chi connectivity index (χ3v) is 9.61. The molecule has 2 aromatic carbocycles. The Morgan fingerprint density at radius 2 is 1.75 bits per heavy atom. The highest BCUT2D eigenvalue weighted by molar-refractivity contribution is 7.88. The van der Waals surface area contributed by atoms with Crippen LogP contribution in [0, 0.1) is 0 Å². The number of aliphatic hydroxyl groups is 1. The first-order chi connectivity index (χ1) is 20.8. The van der Waals surface area contributed by atoms with Crippen LogP contribution in [0.5, 0.6) is 0 Å². The van der Waals surface area contributed by atoms with Gasteiger partial charge in [0.25, 0.3) is 5.91 Å². The molecule has 0 spiro atoms. The number of β-amino-alcohol motifs (C(OH)–C–C–N with tert-alkyl or cyclic N) is 1. The Morgan fingerprint density at radius 1 is 1.07 bits per heavy atom. The number of hydrogen-bond donors (Lipinski definition) is 2. The number of alkyl halides is 3. The van der Waals surface area contributed by atoms with Crippen molar-refractivity contribution in [2.24, 2.45) is 0 Å². The van der Waals surface area contributed by atoms with Crippen LogP contribution >= 0.6 is 11.6 Å². The van der Waals surface area contributed by atoms with Crippen molar-refractivity contribution in [2.75, 3.05) is 57.5 Å². The van der Waals surface area contributed by atoms with Gasteiger partial charge < -0.3 is 15.3 Å². The monoisotopic (exact) mass is 654 g/mol. The standard InChI is InChI=1S/C29H34ClF3N6O4S/c1-34-28(41)22-4-3-5-24(30)27(22)37-14-12-36(13-15-37)16-21(40)17-39-25-10-11-38(44(2,42)43)18-23(25)26(35-39)19-6-8-20(9-7-19)29(31,32)33/h3-9,21,40H,10-18H2,1-2H3,(H,34,41). The SMILES string of the molecule is CNC(=O)c1cccc(Cl)c1N1CCN(CC(O)Cn2nc(-c3ccc(C(F)(F)F)cc3)c3c2CCN(S(C)(=O)=O)C3)CC1. The van der Waals surface area contributed by atoms with Crippen LogP contribution in [0.15, 0.2) is 42.5 Å². The number of hydrogen-bond acceptors (Lipinski definition) is 7. The predicted molar refractivity (Wildman–Crippen MR) is 161 cm³/mol. The van der Waals surface area contributed by atoms with Gasteiger partial charge in [0.1, 0.15) is 0 Å². The molecule has 3 aromatic rings. The maximum absolute atomic E-state index is 13.2. The number of benzene rings is 2. The minimum atomic E-state index is -4.49. The van der Waals surface area contributed by atoms with E-state index in [1.165, 1.54) is 16.4 Å². The molecule has 2 aliphatic rings. The van der Waals surface area contributed by atoms with E-state index >= 15 is 0 Å². The number of aromatic nitrogens is 2. The summed E-state index contributed by atoms with van der Waals surface area (Å²) in [4.78, 5) is 16.6. The molecule has 1 atom stereocenters. The van der Waals surface area contributed by atoms with Gasteiger partial charge in [-0.1, -0.05) is 29.8 Å². The van der Waals surface area contributed by atoms with Crippen molar-refractivity contribution in [3.63, 3.8) is 0 Å². The average Bonchev–Trinajstić information content (AvgIpc) is 3.33. The molecule has 1 aromatic heterocycles. The van der Waals surface area contributed by atoms with Crippen LogP contribution in [0.4, 0.5) is 18.9 Å². The predicted octanol–water partition coefficient (Wildman–Crippen LogP) is 3.08. The zero-order valence-electron chi connectivity index (χ0n) is 24.3. The van der Waals surface area contributed by atoms with Crippen LogP contribution in [-0.4, -0.2) is 97.1 Å². The van der Waals surface area contributed by atoms with E-state index in [4.69, 9.17) is 11.6 Å². The minimum absolute atomic E-state index is 0.0443. The molecule has 5 rings (SSSR count). The van der Waals surface area contributed by atoms with Gasteiger partial charge in [0.15, 0.2) is 0 Å². The molecule has 3 heterocycles. The first kappa shape index (κ1) is 32.2. The summed E-state index contributed by atoms with van der Waals surface area (Å²) >= 11 is 6.47. The number of piperazine rings is 1. The lowest BCUT2D eigenvalue weighted by atomic mass is 10.0. The zero-order chi connectivity index (χ0) is 31.8. The number of halogens is 4. The number of carbonyl (C=O) groups excluding carboxylic acids is 1. The summed E-state index contributed by atoms with van der Waals surface area (Å²) in [5.41, 5.74) is 2.59. The van der Waals surface area contributed by atoms with Crippen LogP contribution in [0.1, 0.15) is 27.2 Å². The Hall–Kier alpha value is -3.17. The van der Waals surface area contributed by atoms with Crippen LogP contribution in [0.3, 0.4) is 0 Å². The van der Waals surface area contributed by atoms with E-state index < -0.39 is 27.9 Å². The van der Waals surface area contributed by atoms with Gasteiger partial charge in [-0.3, -0.25) is 14.4 Å². The molecule has 1 fully saturated rings. The minimum Gasteiger partial charge on any atom is -0.390 e. The fraction of sp³-hybridized carbons (Fsp3) is 0.448. The highest BCUT2D eigenvalue weighted by Crippen LogP contribution is 2.35. The maximum Gasteiger partial charge on any atom is 0.416 e.